The molecule has 0 aliphatic rings. The summed E-state index contributed by atoms with van der Waals surface area (Å²) in [5.74, 6) is 0. The predicted molar refractivity (Wildman–Crippen MR) is 62.4 cm³/mol. The molecule has 0 aromatic carbocycles. The summed E-state index contributed by atoms with van der Waals surface area (Å²) < 4.78 is 20.5. The van der Waals surface area contributed by atoms with Gasteiger partial charge in [0.25, 0.3) is 0 Å². The summed E-state index contributed by atoms with van der Waals surface area (Å²) in [4.78, 5) is 0.441. The van der Waals surface area contributed by atoms with E-state index in [1.165, 1.54) is 0 Å². The van der Waals surface area contributed by atoms with Gasteiger partial charge in [-0.05, 0) is 20.5 Å². The molecule has 0 bridgehead atoms. The highest BCUT2D eigenvalue weighted by Gasteiger charge is 2.32. The Hall–Kier alpha value is 0.760. The first-order valence-electron chi connectivity index (χ1n) is 3.96. The molecule has 0 aliphatic heterocycles. The highest BCUT2D eigenvalue weighted by Crippen LogP contribution is 2.20. The third kappa shape index (κ3) is 5.26. The van der Waals surface area contributed by atoms with Crippen LogP contribution in [0.25, 0.3) is 0 Å². The summed E-state index contributed by atoms with van der Waals surface area (Å²) >= 11 is -0.0773. The first kappa shape index (κ1) is 13.8. The monoisotopic (exact) mass is 321 g/mol. The molecule has 0 fully saturated rings. The van der Waals surface area contributed by atoms with Gasteiger partial charge in [0.15, 0.2) is 16.0 Å². The zero-order valence-electron chi connectivity index (χ0n) is 7.86. The molecule has 6 heteroatoms. The average molecular weight is 321 g/mol. The lowest BCUT2D eigenvalue weighted by atomic mass is 10.2. The van der Waals surface area contributed by atoms with Crippen LogP contribution in [0.2, 0.25) is 0 Å². The van der Waals surface area contributed by atoms with Crippen LogP contribution in [0.3, 0.4) is 0 Å². The van der Waals surface area contributed by atoms with E-state index in [4.69, 9.17) is 4.55 Å². The van der Waals surface area contributed by atoms with Crippen LogP contribution in [0.5, 0.6) is 0 Å². The highest BCUT2D eigenvalue weighted by atomic mass is 127. The van der Waals surface area contributed by atoms with Gasteiger partial charge in [0, 0.05) is 17.4 Å². The Morgan fingerprint density at radius 1 is 1.46 bits per heavy atom. The Bertz CT molecular complexity index is 179. The van der Waals surface area contributed by atoms with E-state index in [-0.39, 0.29) is 0 Å². The lowest BCUT2D eigenvalue weighted by molar-refractivity contribution is 0.101. The SMILES string of the molecule is CN(C)CCC(O)(CCI)S(=O)O. The fraction of sp³-hybridized carbons (Fsp3) is 1.00. The third-order valence-electron chi connectivity index (χ3n) is 1.76. The van der Waals surface area contributed by atoms with E-state index < -0.39 is 16.0 Å². The molecule has 0 saturated heterocycles. The largest absolute Gasteiger partial charge is 0.374 e. The lowest BCUT2D eigenvalue weighted by Crippen LogP contribution is -2.37. The van der Waals surface area contributed by atoms with Crippen LogP contribution in [0, 0.1) is 0 Å². The normalized spacial score (nSPS) is 18.6. The first-order valence-corrected chi connectivity index (χ1v) is 6.59. The van der Waals surface area contributed by atoms with Gasteiger partial charge in [-0.25, -0.2) is 4.21 Å². The molecule has 0 amide bonds. The Morgan fingerprint density at radius 3 is 2.31 bits per heavy atom. The van der Waals surface area contributed by atoms with E-state index in [2.05, 4.69) is 22.6 Å². The zero-order valence-corrected chi connectivity index (χ0v) is 10.8. The van der Waals surface area contributed by atoms with Crippen molar-refractivity contribution < 1.29 is 13.9 Å². The molecule has 0 saturated carbocycles. The van der Waals surface area contributed by atoms with Gasteiger partial charge < -0.3 is 14.6 Å². The zero-order chi connectivity index (χ0) is 10.5. The maximum atomic E-state index is 10.9. The smallest absolute Gasteiger partial charge is 0.185 e. The van der Waals surface area contributed by atoms with Crippen LogP contribution in [0.1, 0.15) is 12.8 Å². The van der Waals surface area contributed by atoms with Crippen molar-refractivity contribution in [2.75, 3.05) is 25.1 Å². The molecule has 80 valence electrons. The molecule has 13 heavy (non-hydrogen) atoms. The van der Waals surface area contributed by atoms with Crippen molar-refractivity contribution in [3.05, 3.63) is 0 Å². The Labute approximate surface area is 95.1 Å². The van der Waals surface area contributed by atoms with E-state index >= 15 is 0 Å². The van der Waals surface area contributed by atoms with Crippen molar-refractivity contribution in [1.82, 2.24) is 4.90 Å². The number of rotatable bonds is 6. The standard InChI is InChI=1S/C7H16INO3S/c1-9(2)6-4-7(10,3-5-8)13(11)12/h10H,3-6H2,1-2H3,(H,11,12). The van der Waals surface area contributed by atoms with Gasteiger partial charge in [0.05, 0.1) is 0 Å². The molecule has 4 nitrogen and oxygen atoms in total. The summed E-state index contributed by atoms with van der Waals surface area (Å²) in [6, 6.07) is 0. The van der Waals surface area contributed by atoms with Gasteiger partial charge >= 0.3 is 0 Å². The predicted octanol–water partition coefficient (Wildman–Crippen LogP) is 0.673. The van der Waals surface area contributed by atoms with Gasteiger partial charge in [-0.15, -0.1) is 0 Å². The summed E-state index contributed by atoms with van der Waals surface area (Å²) in [7, 11) is 3.73. The molecule has 0 heterocycles. The maximum Gasteiger partial charge on any atom is 0.185 e. The van der Waals surface area contributed by atoms with E-state index in [1.54, 1.807) is 0 Å². The molecule has 0 spiro atoms. The molecule has 0 radical (unpaired) electrons. The Balaban J connectivity index is 4.16. The van der Waals surface area contributed by atoms with E-state index in [0.717, 1.165) is 0 Å². The van der Waals surface area contributed by atoms with Crippen LogP contribution in [-0.2, 0) is 11.1 Å². The van der Waals surface area contributed by atoms with Gasteiger partial charge in [-0.3, -0.25) is 0 Å². The van der Waals surface area contributed by atoms with Crippen molar-refractivity contribution >= 4 is 33.7 Å². The molecular formula is C7H16INO3S. The highest BCUT2D eigenvalue weighted by molar-refractivity contribution is 14.1. The second kappa shape index (κ2) is 6.28. The number of aliphatic hydroxyl groups is 1. The second-order valence-electron chi connectivity index (χ2n) is 3.19. The minimum absolute atomic E-state index is 0.326. The number of halogens is 1. The van der Waals surface area contributed by atoms with E-state index in [0.29, 0.717) is 23.8 Å². The maximum absolute atomic E-state index is 10.9. The van der Waals surface area contributed by atoms with Crippen LogP contribution in [-0.4, -0.2) is 48.8 Å². The number of alkyl halides is 1. The summed E-state index contributed by atoms with van der Waals surface area (Å²) in [6.45, 7) is 0.611. The molecule has 0 aliphatic carbocycles. The van der Waals surface area contributed by atoms with E-state index in [1.807, 2.05) is 19.0 Å². The van der Waals surface area contributed by atoms with Crippen molar-refractivity contribution in [2.24, 2.45) is 0 Å². The fourth-order valence-electron chi connectivity index (χ4n) is 0.846. The van der Waals surface area contributed by atoms with Crippen LogP contribution >= 0.6 is 22.6 Å². The first-order chi connectivity index (χ1) is 5.92. The minimum atomic E-state index is -2.16. The fourth-order valence-corrected chi connectivity index (χ4v) is 2.65. The molecule has 0 aromatic heterocycles. The Morgan fingerprint density at radius 2 is 2.00 bits per heavy atom. The molecule has 0 aromatic rings. The quantitative estimate of drug-likeness (QED) is 0.429. The van der Waals surface area contributed by atoms with Gasteiger partial charge in [0.1, 0.15) is 0 Å². The lowest BCUT2D eigenvalue weighted by Gasteiger charge is -2.24. The van der Waals surface area contributed by atoms with Crippen LogP contribution in [0.4, 0.5) is 0 Å². The van der Waals surface area contributed by atoms with Crippen LogP contribution < -0.4 is 0 Å². The number of hydrogen-bond donors (Lipinski definition) is 2. The summed E-state index contributed by atoms with van der Waals surface area (Å²) in [6.07, 6.45) is 0.677. The molecule has 2 unspecified atom stereocenters. The molecular weight excluding hydrogens is 305 g/mol. The van der Waals surface area contributed by atoms with Crippen molar-refractivity contribution in [1.29, 1.82) is 0 Å². The average Bonchev–Trinajstić information content (AvgIpc) is 2.01. The Kier molecular flexibility index (Phi) is 6.65. The van der Waals surface area contributed by atoms with E-state index in [9.17, 15) is 9.32 Å². The molecule has 0 rings (SSSR count). The topological polar surface area (TPSA) is 60.8 Å². The van der Waals surface area contributed by atoms with Gasteiger partial charge in [-0.1, -0.05) is 22.6 Å². The molecule has 2 atom stereocenters. The minimum Gasteiger partial charge on any atom is -0.374 e. The number of nitrogens with zero attached hydrogens (tertiary/aromatic N) is 1. The third-order valence-corrected chi connectivity index (χ3v) is 3.36. The molecule has 2 N–H and O–H groups in total. The van der Waals surface area contributed by atoms with Crippen LogP contribution in [0.15, 0.2) is 0 Å². The summed E-state index contributed by atoms with van der Waals surface area (Å²) in [5.41, 5.74) is 0. The number of hydrogen-bond acceptors (Lipinski definition) is 3. The van der Waals surface area contributed by atoms with Crippen molar-refractivity contribution in [3.8, 4) is 0 Å². The second-order valence-corrected chi connectivity index (χ2v) is 5.52. The summed E-state index contributed by atoms with van der Waals surface area (Å²) in [5, 5.41) is 9.76. The van der Waals surface area contributed by atoms with Crippen molar-refractivity contribution in [2.45, 2.75) is 17.8 Å². The van der Waals surface area contributed by atoms with Gasteiger partial charge in [0.2, 0.25) is 0 Å². The van der Waals surface area contributed by atoms with Crippen molar-refractivity contribution in [3.63, 3.8) is 0 Å². The van der Waals surface area contributed by atoms with Gasteiger partial charge in [-0.2, -0.15) is 0 Å².